The average molecular weight is 471 g/mol. The summed E-state index contributed by atoms with van der Waals surface area (Å²) in [6.07, 6.45) is 8.50. The Kier molecular flexibility index (Phi) is 5.69. The van der Waals surface area contributed by atoms with Gasteiger partial charge in [-0.2, -0.15) is 0 Å². The molecule has 6 rings (SSSR count). The summed E-state index contributed by atoms with van der Waals surface area (Å²) in [4.78, 5) is 27.4. The second-order valence-corrected chi connectivity index (χ2v) is 9.90. The Morgan fingerprint density at radius 3 is 2.51 bits per heavy atom. The van der Waals surface area contributed by atoms with Crippen LogP contribution in [-0.4, -0.2) is 52.8 Å². The molecule has 0 atom stereocenters. The van der Waals surface area contributed by atoms with Crippen LogP contribution in [0.15, 0.2) is 48.0 Å². The van der Waals surface area contributed by atoms with Crippen LogP contribution in [0, 0.1) is 0 Å². The van der Waals surface area contributed by atoms with Gasteiger partial charge in [-0.15, -0.1) is 0 Å². The fraction of sp³-hybridized carbons (Fsp3) is 0.379. The molecule has 1 aromatic heterocycles. The Hall–Kier alpha value is -3.38. The van der Waals surface area contributed by atoms with Crippen LogP contribution in [0.25, 0.3) is 28.4 Å². The number of carbonyl (C=O) groups excluding carboxylic acids is 1. The lowest BCUT2D eigenvalue weighted by Gasteiger charge is -2.27. The summed E-state index contributed by atoms with van der Waals surface area (Å²) in [6.45, 7) is 2.30. The lowest BCUT2D eigenvalue weighted by molar-refractivity contribution is -0.131. The largest absolute Gasteiger partial charge is 0.478 e. The summed E-state index contributed by atoms with van der Waals surface area (Å²) in [5.74, 6) is -0.480. The first-order chi connectivity index (χ1) is 17.1. The molecule has 1 saturated carbocycles. The number of nitrogens with zero attached hydrogens (tertiary/aromatic N) is 2. The summed E-state index contributed by atoms with van der Waals surface area (Å²) < 4.78 is 7.58. The van der Waals surface area contributed by atoms with Gasteiger partial charge in [0.1, 0.15) is 0 Å². The van der Waals surface area contributed by atoms with E-state index in [0.29, 0.717) is 38.6 Å². The minimum atomic E-state index is -0.940. The predicted molar refractivity (Wildman–Crippen MR) is 136 cm³/mol. The molecule has 3 aromatic rings. The maximum atomic E-state index is 13.6. The first-order valence-corrected chi connectivity index (χ1v) is 12.7. The van der Waals surface area contributed by atoms with E-state index < -0.39 is 5.97 Å². The van der Waals surface area contributed by atoms with Crippen molar-refractivity contribution in [3.05, 3.63) is 64.7 Å². The van der Waals surface area contributed by atoms with Crippen LogP contribution in [-0.2, 0) is 16.0 Å². The lowest BCUT2D eigenvalue weighted by Crippen LogP contribution is -2.41. The van der Waals surface area contributed by atoms with E-state index in [1.54, 1.807) is 12.1 Å². The van der Waals surface area contributed by atoms with Crippen molar-refractivity contribution in [2.75, 3.05) is 26.3 Å². The molecule has 1 amide bonds. The minimum Gasteiger partial charge on any atom is -0.478 e. The zero-order chi connectivity index (χ0) is 23.9. The first-order valence-electron chi connectivity index (χ1n) is 12.7. The number of aromatic carboxylic acids is 1. The van der Waals surface area contributed by atoms with Crippen molar-refractivity contribution in [3.8, 4) is 11.3 Å². The third kappa shape index (κ3) is 3.86. The fourth-order valence-corrected chi connectivity index (χ4v) is 6.10. The Bertz CT molecular complexity index is 1340. The molecular formula is C29H30N2O4. The topological polar surface area (TPSA) is 71.8 Å². The normalized spacial score (nSPS) is 18.5. The van der Waals surface area contributed by atoms with Gasteiger partial charge in [-0.3, -0.25) is 4.79 Å². The molecule has 0 spiro atoms. The number of benzene rings is 2. The molecule has 1 N–H and O–H groups in total. The molecule has 1 aliphatic carbocycles. The van der Waals surface area contributed by atoms with Crippen LogP contribution in [0.3, 0.4) is 0 Å². The standard InChI is InChI=1S/C29H30N2O4/c32-28(30-12-14-35-15-13-30)22-16-20-8-4-5-9-23(20)27-26(19-6-2-1-3-7-19)24-11-10-21(29(33)34)17-25(24)31(27)18-22/h4-5,8-11,17-19H,1-3,6-7,12-16H2,(H,33,34). The van der Waals surface area contributed by atoms with Crippen molar-refractivity contribution >= 4 is 29.0 Å². The fourth-order valence-electron chi connectivity index (χ4n) is 6.10. The highest BCUT2D eigenvalue weighted by Gasteiger charge is 2.31. The van der Waals surface area contributed by atoms with Crippen LogP contribution in [0.4, 0.5) is 0 Å². The number of amides is 1. The van der Waals surface area contributed by atoms with Gasteiger partial charge in [0, 0.05) is 42.2 Å². The van der Waals surface area contributed by atoms with Gasteiger partial charge in [0.25, 0.3) is 5.91 Å². The van der Waals surface area contributed by atoms with E-state index in [9.17, 15) is 14.7 Å². The highest BCUT2D eigenvalue weighted by atomic mass is 16.5. The molecule has 6 nitrogen and oxygen atoms in total. The second-order valence-electron chi connectivity index (χ2n) is 9.90. The third-order valence-electron chi connectivity index (χ3n) is 7.82. The number of hydrogen-bond acceptors (Lipinski definition) is 3. The molecule has 3 aliphatic rings. The quantitative estimate of drug-likeness (QED) is 0.563. The maximum absolute atomic E-state index is 13.6. The van der Waals surface area contributed by atoms with Gasteiger partial charge in [-0.25, -0.2) is 4.79 Å². The van der Waals surface area contributed by atoms with Gasteiger partial charge >= 0.3 is 5.97 Å². The number of fused-ring (bicyclic) bond motifs is 5. The molecule has 2 aliphatic heterocycles. The molecule has 2 fully saturated rings. The van der Waals surface area contributed by atoms with Gasteiger partial charge < -0.3 is 19.3 Å². The van der Waals surface area contributed by atoms with Crippen molar-refractivity contribution in [1.29, 1.82) is 0 Å². The number of carbonyl (C=O) groups is 2. The van der Waals surface area contributed by atoms with Crippen LogP contribution in [0.2, 0.25) is 0 Å². The molecule has 180 valence electrons. The molecule has 35 heavy (non-hydrogen) atoms. The van der Waals surface area contributed by atoms with Gasteiger partial charge in [-0.1, -0.05) is 49.6 Å². The smallest absolute Gasteiger partial charge is 0.335 e. The molecule has 2 aromatic carbocycles. The predicted octanol–water partition coefficient (Wildman–Crippen LogP) is 5.31. The Labute approximate surface area is 204 Å². The highest BCUT2D eigenvalue weighted by molar-refractivity contribution is 6.03. The molecular weight excluding hydrogens is 440 g/mol. The number of ether oxygens (including phenoxy) is 1. The van der Waals surface area contributed by atoms with Crippen molar-refractivity contribution < 1.29 is 19.4 Å². The van der Waals surface area contributed by atoms with E-state index in [4.69, 9.17) is 4.74 Å². The van der Waals surface area contributed by atoms with E-state index in [-0.39, 0.29) is 11.5 Å². The molecule has 0 radical (unpaired) electrons. The van der Waals surface area contributed by atoms with Crippen molar-refractivity contribution in [3.63, 3.8) is 0 Å². The number of carboxylic acids is 1. The third-order valence-corrected chi connectivity index (χ3v) is 7.82. The molecule has 1 saturated heterocycles. The van der Waals surface area contributed by atoms with Gasteiger partial charge in [0.05, 0.1) is 30.0 Å². The number of hydrogen-bond donors (Lipinski definition) is 1. The summed E-state index contributed by atoms with van der Waals surface area (Å²) in [5, 5.41) is 10.8. The zero-order valence-corrected chi connectivity index (χ0v) is 19.8. The second kappa shape index (κ2) is 9.00. The Morgan fingerprint density at radius 1 is 0.971 bits per heavy atom. The minimum absolute atomic E-state index is 0.0337. The molecule has 0 bridgehead atoms. The monoisotopic (exact) mass is 470 g/mol. The molecule has 3 heterocycles. The lowest BCUT2D eigenvalue weighted by atomic mass is 9.81. The molecule has 6 heteroatoms. The SMILES string of the molecule is O=C(O)c1ccc2c(C3CCCCC3)c3n(c2c1)C=C(C(=O)N1CCOCC1)Cc1ccccc1-3. The van der Waals surface area contributed by atoms with E-state index in [2.05, 4.69) is 22.8 Å². The first kappa shape index (κ1) is 22.1. The summed E-state index contributed by atoms with van der Waals surface area (Å²) in [7, 11) is 0. The highest BCUT2D eigenvalue weighted by Crippen LogP contribution is 2.46. The van der Waals surface area contributed by atoms with Crippen LogP contribution in [0.1, 0.15) is 59.5 Å². The van der Waals surface area contributed by atoms with E-state index in [0.717, 1.165) is 46.1 Å². The number of carboxylic acid groups (broad SMARTS) is 1. The van der Waals surface area contributed by atoms with Gasteiger partial charge in [0.2, 0.25) is 0 Å². The number of aromatic nitrogens is 1. The van der Waals surface area contributed by atoms with Crippen molar-refractivity contribution in [2.24, 2.45) is 0 Å². The zero-order valence-electron chi connectivity index (χ0n) is 19.8. The van der Waals surface area contributed by atoms with E-state index >= 15 is 0 Å². The van der Waals surface area contributed by atoms with Gasteiger partial charge in [0.15, 0.2) is 0 Å². The average Bonchev–Trinajstić information content (AvgIpc) is 3.11. The van der Waals surface area contributed by atoms with Crippen molar-refractivity contribution in [2.45, 2.75) is 44.4 Å². The maximum Gasteiger partial charge on any atom is 0.335 e. The van der Waals surface area contributed by atoms with Crippen LogP contribution in [0.5, 0.6) is 0 Å². The van der Waals surface area contributed by atoms with Gasteiger partial charge in [-0.05, 0) is 42.0 Å². The van der Waals surface area contributed by atoms with E-state index in [1.807, 2.05) is 23.2 Å². The van der Waals surface area contributed by atoms with E-state index in [1.165, 1.54) is 24.8 Å². The summed E-state index contributed by atoms with van der Waals surface area (Å²) in [6, 6.07) is 13.8. The van der Waals surface area contributed by atoms with Crippen LogP contribution < -0.4 is 0 Å². The Morgan fingerprint density at radius 2 is 1.74 bits per heavy atom. The Balaban J connectivity index is 1.62. The molecule has 0 unspecified atom stereocenters. The summed E-state index contributed by atoms with van der Waals surface area (Å²) >= 11 is 0. The van der Waals surface area contributed by atoms with Crippen LogP contribution >= 0.6 is 0 Å². The number of rotatable bonds is 3. The summed E-state index contributed by atoms with van der Waals surface area (Å²) in [5.41, 5.74) is 6.56. The number of morpholine rings is 1. The van der Waals surface area contributed by atoms with Crippen molar-refractivity contribution in [1.82, 2.24) is 9.47 Å².